The Morgan fingerprint density at radius 3 is 2.12 bits per heavy atom. The number of rotatable bonds is 6. The van der Waals surface area contributed by atoms with Crippen LogP contribution in [0.1, 0.15) is 22.7 Å². The third kappa shape index (κ3) is 3.82. The molecule has 3 aromatic carbocycles. The molecule has 0 radical (unpaired) electrons. The van der Waals surface area contributed by atoms with Gasteiger partial charge in [-0.25, -0.2) is 0 Å². The van der Waals surface area contributed by atoms with Gasteiger partial charge < -0.3 is 23.8 Å². The minimum Gasteiger partial charge on any atom is -0.493 e. The van der Waals surface area contributed by atoms with Crippen LogP contribution in [-0.4, -0.2) is 34.3 Å². The predicted octanol–water partition coefficient (Wildman–Crippen LogP) is 5.05. The molecule has 1 amide bonds. The number of carbonyl (C=O) groups excluding carboxylic acids is 1. The van der Waals surface area contributed by atoms with Crippen LogP contribution in [0.4, 0.5) is 5.69 Å². The molecule has 0 spiro atoms. The molecule has 166 valence electrons. The van der Waals surface area contributed by atoms with Crippen molar-refractivity contribution in [2.24, 2.45) is 0 Å². The lowest BCUT2D eigenvalue weighted by Crippen LogP contribution is -2.41. The van der Waals surface area contributed by atoms with Gasteiger partial charge in [-0.3, -0.25) is 4.79 Å². The van der Waals surface area contributed by atoms with Gasteiger partial charge >= 0.3 is 0 Å². The number of nitrogens with zero attached hydrogens (tertiary/aromatic N) is 1. The molecule has 3 aromatic rings. The van der Waals surface area contributed by atoms with Gasteiger partial charge in [0.05, 0.1) is 40.9 Å². The summed E-state index contributed by atoms with van der Waals surface area (Å²) in [7, 11) is 6.36. The van der Waals surface area contributed by atoms with Crippen LogP contribution in [0.25, 0.3) is 0 Å². The molecule has 0 unspecified atom stereocenters. The predicted molar refractivity (Wildman–Crippen MR) is 124 cm³/mol. The van der Waals surface area contributed by atoms with Gasteiger partial charge in [0.15, 0.2) is 23.0 Å². The summed E-state index contributed by atoms with van der Waals surface area (Å²) >= 11 is 6.27. The largest absolute Gasteiger partial charge is 0.493 e. The summed E-state index contributed by atoms with van der Waals surface area (Å²) in [6.45, 7) is 0. The van der Waals surface area contributed by atoms with Crippen LogP contribution in [0.5, 0.6) is 23.0 Å². The van der Waals surface area contributed by atoms with Crippen LogP contribution in [0.2, 0.25) is 5.02 Å². The molecule has 0 aliphatic carbocycles. The number of amides is 1. The Hall–Kier alpha value is -3.38. The van der Waals surface area contributed by atoms with E-state index in [9.17, 15) is 4.79 Å². The van der Waals surface area contributed by atoms with E-state index in [1.165, 1.54) is 0 Å². The standard InChI is InChI=1S/C25H24ClNO5/c1-29-20-9-8-15(10-21(20)30-2)25-19-14-23(32-4)22(31-3)11-16(19)12-24(28)27(25)18-7-5-6-17(26)13-18/h5-11,13-14,25H,12H2,1-4H3/t25-/m0/s1. The molecule has 0 aromatic heterocycles. The maximum absolute atomic E-state index is 13.4. The highest BCUT2D eigenvalue weighted by atomic mass is 35.5. The molecule has 0 N–H and O–H groups in total. The first kappa shape index (κ1) is 21.8. The van der Waals surface area contributed by atoms with E-state index in [2.05, 4.69) is 0 Å². The van der Waals surface area contributed by atoms with E-state index < -0.39 is 6.04 Å². The minimum absolute atomic E-state index is 0.0493. The van der Waals surface area contributed by atoms with E-state index >= 15 is 0 Å². The summed E-state index contributed by atoms with van der Waals surface area (Å²) in [5, 5.41) is 0.555. The Morgan fingerprint density at radius 1 is 0.812 bits per heavy atom. The first-order chi connectivity index (χ1) is 15.5. The van der Waals surface area contributed by atoms with Gasteiger partial charge in [0.1, 0.15) is 0 Å². The highest BCUT2D eigenvalue weighted by Gasteiger charge is 2.36. The molecule has 1 atom stereocenters. The van der Waals surface area contributed by atoms with Crippen molar-refractivity contribution in [3.63, 3.8) is 0 Å². The number of halogens is 1. The SMILES string of the molecule is COc1ccc([C@H]2c3cc(OC)c(OC)cc3CC(=O)N2c2cccc(Cl)c2)cc1OC. The van der Waals surface area contributed by atoms with Crippen molar-refractivity contribution in [3.8, 4) is 23.0 Å². The van der Waals surface area contributed by atoms with E-state index in [1.54, 1.807) is 45.5 Å². The zero-order chi connectivity index (χ0) is 22.8. The molecule has 32 heavy (non-hydrogen) atoms. The van der Waals surface area contributed by atoms with Crippen LogP contribution in [0.15, 0.2) is 54.6 Å². The summed E-state index contributed by atoms with van der Waals surface area (Å²) in [5.41, 5.74) is 3.40. The maximum atomic E-state index is 13.4. The number of carbonyl (C=O) groups is 1. The van der Waals surface area contributed by atoms with Crippen molar-refractivity contribution in [1.29, 1.82) is 0 Å². The minimum atomic E-state index is -0.427. The second kappa shape index (κ2) is 9.01. The molecule has 0 saturated heterocycles. The smallest absolute Gasteiger partial charge is 0.232 e. The van der Waals surface area contributed by atoms with Crippen LogP contribution >= 0.6 is 11.6 Å². The topological polar surface area (TPSA) is 57.2 Å². The highest BCUT2D eigenvalue weighted by Crippen LogP contribution is 2.45. The molecule has 4 rings (SSSR count). The van der Waals surface area contributed by atoms with Gasteiger partial charge in [0.2, 0.25) is 5.91 Å². The number of methoxy groups -OCH3 is 4. The fourth-order valence-electron chi connectivity index (χ4n) is 4.15. The highest BCUT2D eigenvalue weighted by molar-refractivity contribution is 6.31. The molecule has 1 heterocycles. The van der Waals surface area contributed by atoms with E-state index in [0.29, 0.717) is 33.7 Å². The molecule has 1 aliphatic heterocycles. The van der Waals surface area contributed by atoms with Crippen LogP contribution < -0.4 is 23.8 Å². The van der Waals surface area contributed by atoms with Gasteiger partial charge in [0, 0.05) is 10.7 Å². The summed E-state index contributed by atoms with van der Waals surface area (Å²) < 4.78 is 22.0. The van der Waals surface area contributed by atoms with Gasteiger partial charge in [-0.2, -0.15) is 0 Å². The number of hydrogen-bond donors (Lipinski definition) is 0. The summed E-state index contributed by atoms with van der Waals surface area (Å²) in [5.74, 6) is 2.32. The zero-order valence-corrected chi connectivity index (χ0v) is 19.1. The Bertz CT molecular complexity index is 1160. The number of fused-ring (bicyclic) bond motifs is 1. The monoisotopic (exact) mass is 453 g/mol. The average molecular weight is 454 g/mol. The lowest BCUT2D eigenvalue weighted by atomic mass is 9.86. The third-order valence-corrected chi connectivity index (χ3v) is 5.85. The Labute approximate surface area is 192 Å². The van der Waals surface area contributed by atoms with Crippen molar-refractivity contribution in [2.45, 2.75) is 12.5 Å². The van der Waals surface area contributed by atoms with Crippen LogP contribution in [-0.2, 0) is 11.2 Å². The van der Waals surface area contributed by atoms with Gasteiger partial charge in [-0.15, -0.1) is 0 Å². The molecule has 0 saturated carbocycles. The van der Waals surface area contributed by atoms with Gasteiger partial charge in [-0.05, 0) is 59.2 Å². The zero-order valence-electron chi connectivity index (χ0n) is 18.3. The molecular formula is C25H24ClNO5. The first-order valence-corrected chi connectivity index (χ1v) is 10.4. The summed E-state index contributed by atoms with van der Waals surface area (Å²) in [6, 6.07) is 16.3. The summed E-state index contributed by atoms with van der Waals surface area (Å²) in [6.07, 6.45) is 0.228. The fraction of sp³-hybridized carbons (Fsp3) is 0.240. The number of hydrogen-bond acceptors (Lipinski definition) is 5. The molecule has 1 aliphatic rings. The second-order valence-electron chi connectivity index (χ2n) is 7.34. The molecule has 6 nitrogen and oxygen atoms in total. The number of benzene rings is 3. The number of ether oxygens (including phenoxy) is 4. The normalized spacial score (nSPS) is 15.2. The van der Waals surface area contributed by atoms with Gasteiger partial charge in [-0.1, -0.05) is 23.7 Å². The number of anilines is 1. The molecule has 0 fully saturated rings. The molecular weight excluding hydrogens is 430 g/mol. The molecule has 7 heteroatoms. The third-order valence-electron chi connectivity index (χ3n) is 5.62. The van der Waals surface area contributed by atoms with E-state index in [4.69, 9.17) is 30.5 Å². The van der Waals surface area contributed by atoms with Crippen molar-refractivity contribution >= 4 is 23.2 Å². The van der Waals surface area contributed by atoms with Crippen molar-refractivity contribution < 1.29 is 23.7 Å². The Kier molecular flexibility index (Phi) is 6.15. The quantitative estimate of drug-likeness (QED) is 0.522. The van der Waals surface area contributed by atoms with E-state index in [1.807, 2.05) is 42.5 Å². The van der Waals surface area contributed by atoms with Crippen LogP contribution in [0.3, 0.4) is 0 Å². The van der Waals surface area contributed by atoms with Crippen LogP contribution in [0, 0.1) is 0 Å². The lowest BCUT2D eigenvalue weighted by molar-refractivity contribution is -0.118. The lowest BCUT2D eigenvalue weighted by Gasteiger charge is -2.38. The van der Waals surface area contributed by atoms with Gasteiger partial charge in [0.25, 0.3) is 0 Å². The average Bonchev–Trinajstić information content (AvgIpc) is 2.81. The summed E-state index contributed by atoms with van der Waals surface area (Å²) in [4.78, 5) is 15.2. The Morgan fingerprint density at radius 2 is 1.47 bits per heavy atom. The second-order valence-corrected chi connectivity index (χ2v) is 7.78. The van der Waals surface area contributed by atoms with E-state index in [0.717, 1.165) is 16.7 Å². The molecule has 0 bridgehead atoms. The maximum Gasteiger partial charge on any atom is 0.232 e. The fourth-order valence-corrected chi connectivity index (χ4v) is 4.33. The first-order valence-electron chi connectivity index (χ1n) is 10.0. The van der Waals surface area contributed by atoms with Crippen molar-refractivity contribution in [3.05, 3.63) is 76.3 Å². The van der Waals surface area contributed by atoms with Crippen molar-refractivity contribution in [1.82, 2.24) is 0 Å². The van der Waals surface area contributed by atoms with E-state index in [-0.39, 0.29) is 12.3 Å². The Balaban J connectivity index is 1.97. The van der Waals surface area contributed by atoms with Crippen molar-refractivity contribution in [2.75, 3.05) is 33.3 Å².